The summed E-state index contributed by atoms with van der Waals surface area (Å²) in [6, 6.07) is 17.7. The molecule has 2 aromatic rings. The molecule has 0 spiro atoms. The lowest BCUT2D eigenvalue weighted by Gasteiger charge is -2.24. The summed E-state index contributed by atoms with van der Waals surface area (Å²) >= 11 is 0. The van der Waals surface area contributed by atoms with E-state index in [0.717, 1.165) is 17.9 Å². The van der Waals surface area contributed by atoms with Crippen molar-refractivity contribution < 1.29 is 8.42 Å². The third kappa shape index (κ3) is 7.43. The molecule has 0 aliphatic carbocycles. The van der Waals surface area contributed by atoms with E-state index in [-0.39, 0.29) is 30.0 Å². The fraction of sp³-hybridized carbons (Fsp3) is 0.381. The van der Waals surface area contributed by atoms with Gasteiger partial charge in [-0.3, -0.25) is 4.99 Å². The van der Waals surface area contributed by atoms with Crippen LogP contribution in [-0.4, -0.2) is 40.3 Å². The van der Waals surface area contributed by atoms with Crippen LogP contribution in [-0.2, 0) is 16.3 Å². The number of rotatable bonds is 7. The Labute approximate surface area is 186 Å². The van der Waals surface area contributed by atoms with Gasteiger partial charge < -0.3 is 10.6 Å². The van der Waals surface area contributed by atoms with Crippen molar-refractivity contribution in [1.82, 2.24) is 10.6 Å². The molecule has 0 aromatic heterocycles. The number of nitrogens with zero attached hydrogens (tertiary/aromatic N) is 1. The molecule has 2 aromatic carbocycles. The summed E-state index contributed by atoms with van der Waals surface area (Å²) in [5.74, 6) is 1.12. The number of hydrogen-bond donors (Lipinski definition) is 2. The topological polar surface area (TPSA) is 70.6 Å². The molecule has 2 N–H and O–H groups in total. The number of sulfone groups is 1. The number of halogens is 1. The Kier molecular flexibility index (Phi) is 9.95. The van der Waals surface area contributed by atoms with Crippen molar-refractivity contribution >= 4 is 39.8 Å². The highest BCUT2D eigenvalue weighted by Crippen LogP contribution is 2.18. The average Bonchev–Trinajstić information content (AvgIpc) is 2.66. The van der Waals surface area contributed by atoms with Crippen molar-refractivity contribution in [1.29, 1.82) is 0 Å². The van der Waals surface area contributed by atoms with Crippen molar-refractivity contribution in [3.63, 3.8) is 0 Å². The van der Waals surface area contributed by atoms with Gasteiger partial charge in [0.2, 0.25) is 0 Å². The standard InChI is InChI=1S/C21H29N3O2S.HI/c1-16(19-8-6-5-7-9-19)17(2)24-21(22-3)23-15-14-18-10-12-20(13-11-18)27(4,25)26;/h5-13,16-17H,14-15H2,1-4H3,(H2,22,23,24);1H. The molecule has 0 fully saturated rings. The van der Waals surface area contributed by atoms with Crippen LogP contribution in [0.15, 0.2) is 64.5 Å². The fourth-order valence-electron chi connectivity index (χ4n) is 2.81. The Hall–Kier alpha value is -1.61. The van der Waals surface area contributed by atoms with E-state index in [1.165, 1.54) is 11.8 Å². The lowest BCUT2D eigenvalue weighted by molar-refractivity contribution is 0.550. The first-order chi connectivity index (χ1) is 12.8. The van der Waals surface area contributed by atoms with E-state index in [4.69, 9.17) is 0 Å². The van der Waals surface area contributed by atoms with E-state index < -0.39 is 9.84 Å². The van der Waals surface area contributed by atoms with E-state index in [0.29, 0.717) is 17.4 Å². The Morgan fingerprint density at radius 3 is 2.18 bits per heavy atom. The van der Waals surface area contributed by atoms with Crippen LogP contribution in [0.2, 0.25) is 0 Å². The number of benzene rings is 2. The predicted octanol–water partition coefficient (Wildman–Crippen LogP) is 3.61. The zero-order valence-electron chi connectivity index (χ0n) is 16.8. The molecule has 0 bridgehead atoms. The minimum atomic E-state index is -3.15. The van der Waals surface area contributed by atoms with Crippen LogP contribution >= 0.6 is 24.0 Å². The number of aliphatic imine (C=N–C) groups is 1. The molecule has 5 nitrogen and oxygen atoms in total. The monoisotopic (exact) mass is 515 g/mol. The van der Waals surface area contributed by atoms with E-state index in [1.807, 2.05) is 18.2 Å². The molecule has 0 aliphatic heterocycles. The Morgan fingerprint density at radius 2 is 1.64 bits per heavy atom. The highest BCUT2D eigenvalue weighted by atomic mass is 127. The van der Waals surface area contributed by atoms with Gasteiger partial charge in [0.25, 0.3) is 0 Å². The normalized spacial score (nSPS) is 13.9. The molecule has 0 amide bonds. The first kappa shape index (κ1) is 24.4. The summed E-state index contributed by atoms with van der Waals surface area (Å²) in [5, 5.41) is 6.76. The molecule has 2 atom stereocenters. The highest BCUT2D eigenvalue weighted by Gasteiger charge is 2.15. The van der Waals surface area contributed by atoms with Crippen LogP contribution in [0.25, 0.3) is 0 Å². The van der Waals surface area contributed by atoms with Gasteiger partial charge in [-0.25, -0.2) is 8.42 Å². The van der Waals surface area contributed by atoms with Gasteiger partial charge in [-0.1, -0.05) is 49.4 Å². The van der Waals surface area contributed by atoms with Crippen molar-refractivity contribution in [3.8, 4) is 0 Å². The molecule has 0 heterocycles. The van der Waals surface area contributed by atoms with E-state index >= 15 is 0 Å². The number of hydrogen-bond acceptors (Lipinski definition) is 3. The minimum absolute atomic E-state index is 0. The molecular formula is C21H30IN3O2S. The van der Waals surface area contributed by atoms with E-state index in [9.17, 15) is 8.42 Å². The lowest BCUT2D eigenvalue weighted by atomic mass is 9.94. The summed E-state index contributed by atoms with van der Waals surface area (Å²) in [6.45, 7) is 5.06. The molecular weight excluding hydrogens is 485 g/mol. The lowest BCUT2D eigenvalue weighted by Crippen LogP contribution is -2.44. The van der Waals surface area contributed by atoms with Gasteiger partial charge in [-0.05, 0) is 36.6 Å². The van der Waals surface area contributed by atoms with Crippen LogP contribution in [0, 0.1) is 0 Å². The van der Waals surface area contributed by atoms with Gasteiger partial charge in [0.1, 0.15) is 0 Å². The maximum Gasteiger partial charge on any atom is 0.191 e. The predicted molar refractivity (Wildman–Crippen MR) is 127 cm³/mol. The Bertz CT molecular complexity index is 853. The smallest absolute Gasteiger partial charge is 0.191 e. The molecule has 2 rings (SSSR count). The van der Waals surface area contributed by atoms with Gasteiger partial charge in [-0.2, -0.15) is 0 Å². The second-order valence-electron chi connectivity index (χ2n) is 6.80. The van der Waals surface area contributed by atoms with Gasteiger partial charge in [0.05, 0.1) is 4.90 Å². The highest BCUT2D eigenvalue weighted by molar-refractivity contribution is 14.0. The minimum Gasteiger partial charge on any atom is -0.356 e. The van der Waals surface area contributed by atoms with E-state index in [2.05, 4.69) is 53.7 Å². The molecule has 154 valence electrons. The summed E-state index contributed by atoms with van der Waals surface area (Å²) in [4.78, 5) is 4.64. The van der Waals surface area contributed by atoms with Crippen LogP contribution in [0.3, 0.4) is 0 Å². The molecule has 0 saturated carbocycles. The third-order valence-electron chi connectivity index (χ3n) is 4.72. The maximum absolute atomic E-state index is 11.5. The molecule has 0 aliphatic rings. The van der Waals surface area contributed by atoms with Gasteiger partial charge in [0.15, 0.2) is 15.8 Å². The molecule has 0 saturated heterocycles. The first-order valence-corrected chi connectivity index (χ1v) is 11.0. The maximum atomic E-state index is 11.5. The van der Waals surface area contributed by atoms with Crippen molar-refractivity contribution in [2.45, 2.75) is 37.1 Å². The largest absolute Gasteiger partial charge is 0.356 e. The summed E-state index contributed by atoms with van der Waals surface area (Å²) in [5.41, 5.74) is 2.37. The van der Waals surface area contributed by atoms with Gasteiger partial charge >= 0.3 is 0 Å². The first-order valence-electron chi connectivity index (χ1n) is 9.12. The Balaban J connectivity index is 0.00000392. The second kappa shape index (κ2) is 11.4. The zero-order valence-corrected chi connectivity index (χ0v) is 20.0. The second-order valence-corrected chi connectivity index (χ2v) is 8.81. The van der Waals surface area contributed by atoms with Crippen molar-refractivity contribution in [2.24, 2.45) is 4.99 Å². The summed E-state index contributed by atoms with van der Waals surface area (Å²) in [6.07, 6.45) is 2.00. The number of guanidine groups is 1. The van der Waals surface area contributed by atoms with Gasteiger partial charge in [-0.15, -0.1) is 24.0 Å². The van der Waals surface area contributed by atoms with Crippen LogP contribution in [0.1, 0.15) is 30.9 Å². The van der Waals surface area contributed by atoms with Crippen molar-refractivity contribution in [3.05, 3.63) is 65.7 Å². The van der Waals surface area contributed by atoms with Crippen LogP contribution in [0.4, 0.5) is 0 Å². The SMILES string of the molecule is CN=C(NCCc1ccc(S(C)(=O)=O)cc1)NC(C)C(C)c1ccccc1.I. The average molecular weight is 515 g/mol. The molecule has 0 radical (unpaired) electrons. The number of nitrogens with one attached hydrogen (secondary N) is 2. The molecule has 28 heavy (non-hydrogen) atoms. The summed E-state index contributed by atoms with van der Waals surface area (Å²) < 4.78 is 23.0. The van der Waals surface area contributed by atoms with Crippen LogP contribution < -0.4 is 10.6 Å². The van der Waals surface area contributed by atoms with Crippen LogP contribution in [0.5, 0.6) is 0 Å². The van der Waals surface area contributed by atoms with Gasteiger partial charge in [0, 0.05) is 31.8 Å². The van der Waals surface area contributed by atoms with Crippen molar-refractivity contribution in [2.75, 3.05) is 19.8 Å². The fourth-order valence-corrected chi connectivity index (χ4v) is 3.44. The third-order valence-corrected chi connectivity index (χ3v) is 5.85. The quantitative estimate of drug-likeness (QED) is 0.336. The van der Waals surface area contributed by atoms with E-state index in [1.54, 1.807) is 19.2 Å². The molecule has 7 heteroatoms. The Morgan fingerprint density at radius 1 is 1.04 bits per heavy atom. The summed E-state index contributed by atoms with van der Waals surface area (Å²) in [7, 11) is -1.39. The molecule has 2 unspecified atom stereocenters. The zero-order chi connectivity index (χ0) is 19.9.